The molecule has 0 saturated carbocycles. The molecule has 1 aliphatic rings. The third-order valence-corrected chi connectivity index (χ3v) is 3.72. The molecule has 8 heteroatoms. The Bertz CT molecular complexity index is 394. The van der Waals surface area contributed by atoms with E-state index in [4.69, 9.17) is 4.74 Å². The van der Waals surface area contributed by atoms with Crippen LogP contribution in [0, 0.1) is 0 Å². The second-order valence-corrected chi connectivity index (χ2v) is 5.92. The van der Waals surface area contributed by atoms with Crippen LogP contribution in [-0.2, 0) is 9.53 Å². The topological polar surface area (TPSA) is 67.4 Å². The molecule has 1 amide bonds. The number of ether oxygens (including phenoxy) is 1. The molecule has 1 saturated heterocycles. The van der Waals surface area contributed by atoms with Gasteiger partial charge in [-0.15, -0.1) is 10.2 Å². The summed E-state index contributed by atoms with van der Waals surface area (Å²) in [6.07, 6.45) is 0. The quantitative estimate of drug-likeness (QED) is 0.898. The molecule has 1 fully saturated rings. The van der Waals surface area contributed by atoms with Crippen LogP contribution in [0.3, 0.4) is 0 Å². The highest BCUT2D eigenvalue weighted by Crippen LogP contribution is 2.20. The van der Waals surface area contributed by atoms with Crippen LogP contribution < -0.4 is 5.32 Å². The number of nitrogens with one attached hydrogen (secondary N) is 1. The highest BCUT2D eigenvalue weighted by atomic mass is 79.9. The van der Waals surface area contributed by atoms with Gasteiger partial charge in [-0.3, -0.25) is 4.79 Å². The second kappa shape index (κ2) is 5.74. The van der Waals surface area contributed by atoms with Gasteiger partial charge >= 0.3 is 0 Å². The molecule has 0 spiro atoms. The molecule has 1 aliphatic heterocycles. The van der Waals surface area contributed by atoms with Crippen LogP contribution in [0.4, 0.5) is 5.13 Å². The number of carbonyl (C=O) groups is 1. The fourth-order valence-electron chi connectivity index (χ4n) is 1.57. The number of halogens is 1. The minimum Gasteiger partial charge on any atom is -0.378 e. The third kappa shape index (κ3) is 3.36. The molecular weight excluding hydrogens is 308 g/mol. The molecule has 2 heterocycles. The Morgan fingerprint density at radius 2 is 2.24 bits per heavy atom. The van der Waals surface area contributed by atoms with Gasteiger partial charge in [-0.25, -0.2) is 0 Å². The van der Waals surface area contributed by atoms with E-state index in [9.17, 15) is 4.79 Å². The maximum absolute atomic E-state index is 12.1. The fraction of sp³-hybridized carbons (Fsp3) is 0.667. The van der Waals surface area contributed by atoms with E-state index < -0.39 is 0 Å². The molecular formula is C9H13BrN4O2S. The first-order valence-corrected chi connectivity index (χ1v) is 6.90. The molecule has 1 N–H and O–H groups in total. The van der Waals surface area contributed by atoms with Crippen molar-refractivity contribution < 1.29 is 9.53 Å². The Balaban J connectivity index is 1.90. The molecule has 1 atom stereocenters. The summed E-state index contributed by atoms with van der Waals surface area (Å²) in [7, 11) is 0. The van der Waals surface area contributed by atoms with Crippen molar-refractivity contribution in [2.24, 2.45) is 0 Å². The van der Waals surface area contributed by atoms with Crippen molar-refractivity contribution in [3.63, 3.8) is 0 Å². The van der Waals surface area contributed by atoms with Gasteiger partial charge in [-0.2, -0.15) is 0 Å². The van der Waals surface area contributed by atoms with Crippen LogP contribution in [0.2, 0.25) is 0 Å². The summed E-state index contributed by atoms with van der Waals surface area (Å²) < 4.78 is 5.91. The summed E-state index contributed by atoms with van der Waals surface area (Å²) in [5.41, 5.74) is 0. The largest absolute Gasteiger partial charge is 0.378 e. The predicted molar refractivity (Wildman–Crippen MR) is 68.1 cm³/mol. The lowest BCUT2D eigenvalue weighted by atomic mass is 10.2. The zero-order valence-corrected chi connectivity index (χ0v) is 11.8. The first-order valence-electron chi connectivity index (χ1n) is 5.29. The van der Waals surface area contributed by atoms with Crippen LogP contribution >= 0.6 is 27.3 Å². The van der Waals surface area contributed by atoms with E-state index in [1.165, 1.54) is 11.3 Å². The smallest absolute Gasteiger partial charge is 0.245 e. The Hall–Kier alpha value is -0.730. The average Bonchev–Trinajstić information content (AvgIpc) is 2.75. The first-order chi connectivity index (χ1) is 8.16. The third-order valence-electron chi connectivity index (χ3n) is 2.43. The molecule has 2 rings (SSSR count). The van der Waals surface area contributed by atoms with E-state index >= 15 is 0 Å². The molecule has 0 aromatic carbocycles. The van der Waals surface area contributed by atoms with Crippen molar-refractivity contribution in [1.29, 1.82) is 0 Å². The maximum atomic E-state index is 12.1. The Kier molecular flexibility index (Phi) is 4.30. The van der Waals surface area contributed by atoms with Crippen LogP contribution in [0.5, 0.6) is 0 Å². The number of hydrogen-bond donors (Lipinski definition) is 1. The molecule has 94 valence electrons. The van der Waals surface area contributed by atoms with E-state index in [2.05, 4.69) is 31.4 Å². The normalized spacial score (nSPS) is 17.9. The Morgan fingerprint density at radius 1 is 1.53 bits per heavy atom. The van der Waals surface area contributed by atoms with Crippen molar-refractivity contribution in [2.45, 2.75) is 13.0 Å². The molecule has 6 nitrogen and oxygen atoms in total. The van der Waals surface area contributed by atoms with E-state index in [0.717, 1.165) is 0 Å². The lowest BCUT2D eigenvalue weighted by molar-refractivity contribution is -0.135. The number of hydrogen-bond acceptors (Lipinski definition) is 6. The van der Waals surface area contributed by atoms with Gasteiger partial charge < -0.3 is 15.0 Å². The average molecular weight is 321 g/mol. The summed E-state index contributed by atoms with van der Waals surface area (Å²) in [6.45, 7) is 4.37. The lowest BCUT2D eigenvalue weighted by Gasteiger charge is -2.29. The van der Waals surface area contributed by atoms with Gasteiger partial charge in [-0.1, -0.05) is 11.3 Å². The zero-order valence-electron chi connectivity index (χ0n) is 9.35. The molecule has 0 aliphatic carbocycles. The van der Waals surface area contributed by atoms with Crippen LogP contribution in [0.25, 0.3) is 0 Å². The van der Waals surface area contributed by atoms with Gasteiger partial charge in [0.1, 0.15) is 6.04 Å². The van der Waals surface area contributed by atoms with Crippen molar-refractivity contribution in [3.05, 3.63) is 3.92 Å². The lowest BCUT2D eigenvalue weighted by Crippen LogP contribution is -2.46. The summed E-state index contributed by atoms with van der Waals surface area (Å²) in [6, 6.07) is -0.298. The van der Waals surface area contributed by atoms with Crippen LogP contribution in [-0.4, -0.2) is 53.3 Å². The van der Waals surface area contributed by atoms with Gasteiger partial charge in [0.15, 0.2) is 3.92 Å². The standard InChI is InChI=1S/C9H13BrN4O2S/c1-6(11-9-13-12-8(10)17-9)7(15)14-2-4-16-5-3-14/h6H,2-5H2,1H3,(H,11,13). The molecule has 1 aromatic rings. The molecule has 1 aromatic heterocycles. The first kappa shape index (κ1) is 12.7. The predicted octanol–water partition coefficient (Wildman–Crippen LogP) is 0.960. The number of aromatic nitrogens is 2. The number of morpholine rings is 1. The van der Waals surface area contributed by atoms with Gasteiger partial charge in [0.05, 0.1) is 13.2 Å². The van der Waals surface area contributed by atoms with Gasteiger partial charge in [0.25, 0.3) is 0 Å². The zero-order chi connectivity index (χ0) is 12.3. The molecule has 0 bridgehead atoms. The second-order valence-electron chi connectivity index (χ2n) is 3.66. The number of rotatable bonds is 3. The highest BCUT2D eigenvalue weighted by Gasteiger charge is 2.22. The minimum absolute atomic E-state index is 0.0691. The van der Waals surface area contributed by atoms with Crippen molar-refractivity contribution in [2.75, 3.05) is 31.6 Å². The summed E-state index contributed by atoms with van der Waals surface area (Å²) >= 11 is 4.60. The monoisotopic (exact) mass is 320 g/mol. The molecule has 1 unspecified atom stereocenters. The summed E-state index contributed by atoms with van der Waals surface area (Å²) in [4.78, 5) is 13.9. The molecule has 17 heavy (non-hydrogen) atoms. The van der Waals surface area contributed by atoms with Crippen molar-refractivity contribution in [1.82, 2.24) is 15.1 Å². The van der Waals surface area contributed by atoms with Crippen molar-refractivity contribution >= 4 is 38.3 Å². The SMILES string of the molecule is CC(Nc1nnc(Br)s1)C(=O)N1CCOCC1. The number of anilines is 1. The van der Waals surface area contributed by atoms with E-state index in [-0.39, 0.29) is 11.9 Å². The minimum atomic E-state index is -0.298. The summed E-state index contributed by atoms with van der Waals surface area (Å²) in [5, 5.41) is 11.4. The highest BCUT2D eigenvalue weighted by molar-refractivity contribution is 9.11. The van der Waals surface area contributed by atoms with Gasteiger partial charge in [0.2, 0.25) is 11.0 Å². The van der Waals surface area contributed by atoms with E-state index in [0.29, 0.717) is 35.4 Å². The Morgan fingerprint density at radius 3 is 2.82 bits per heavy atom. The van der Waals surface area contributed by atoms with E-state index in [1.807, 2.05) is 6.92 Å². The number of amides is 1. The fourth-order valence-corrected chi connectivity index (χ4v) is 2.67. The summed E-state index contributed by atoms with van der Waals surface area (Å²) in [5.74, 6) is 0.0691. The van der Waals surface area contributed by atoms with Crippen LogP contribution in [0.1, 0.15) is 6.92 Å². The Labute approximate surface area is 111 Å². The van der Waals surface area contributed by atoms with Gasteiger partial charge in [0, 0.05) is 13.1 Å². The van der Waals surface area contributed by atoms with E-state index in [1.54, 1.807) is 4.90 Å². The maximum Gasteiger partial charge on any atom is 0.245 e. The van der Waals surface area contributed by atoms with Gasteiger partial charge in [-0.05, 0) is 22.9 Å². The van der Waals surface area contributed by atoms with Crippen LogP contribution in [0.15, 0.2) is 3.92 Å². The molecule has 0 radical (unpaired) electrons. The number of nitrogens with zero attached hydrogens (tertiary/aromatic N) is 3. The number of carbonyl (C=O) groups excluding carboxylic acids is 1. The van der Waals surface area contributed by atoms with Crippen molar-refractivity contribution in [3.8, 4) is 0 Å².